The first-order valence-corrected chi connectivity index (χ1v) is 9.19. The number of hydrogen-bond acceptors (Lipinski definition) is 3. The Labute approximate surface area is 158 Å². The highest BCUT2D eigenvalue weighted by atomic mass is 127. The Bertz CT molecular complexity index is 335. The third-order valence-electron chi connectivity index (χ3n) is 4.91. The average Bonchev–Trinajstić information content (AvgIpc) is 3.01. The maximum atomic E-state index is 5.94. The number of aliphatic imine (C=N–C) groups is 1. The van der Waals surface area contributed by atoms with Gasteiger partial charge in [-0.2, -0.15) is 0 Å². The maximum absolute atomic E-state index is 5.94. The van der Waals surface area contributed by atoms with Crippen LogP contribution in [0.2, 0.25) is 0 Å². The lowest BCUT2D eigenvalue weighted by Crippen LogP contribution is -2.36. The van der Waals surface area contributed by atoms with E-state index in [0.717, 1.165) is 32.7 Å². The molecular weight excluding hydrogens is 403 g/mol. The van der Waals surface area contributed by atoms with Crippen molar-refractivity contribution in [3.05, 3.63) is 0 Å². The van der Waals surface area contributed by atoms with E-state index in [4.69, 9.17) is 10.5 Å². The largest absolute Gasteiger partial charge is 0.378 e. The summed E-state index contributed by atoms with van der Waals surface area (Å²) in [6.45, 7) is 7.05. The van der Waals surface area contributed by atoms with Crippen LogP contribution in [0.15, 0.2) is 4.99 Å². The van der Waals surface area contributed by atoms with Crippen LogP contribution in [0.5, 0.6) is 0 Å². The summed E-state index contributed by atoms with van der Waals surface area (Å²) in [7, 11) is 0. The van der Waals surface area contributed by atoms with E-state index in [1.807, 2.05) is 0 Å². The molecule has 0 spiro atoms. The fourth-order valence-corrected chi connectivity index (χ4v) is 3.55. The SMILES string of the molecule is CCN1CCCC1CN=C(N)NCCCOC1CCCCC1.I. The van der Waals surface area contributed by atoms with Gasteiger partial charge in [0.2, 0.25) is 0 Å². The fraction of sp³-hybridized carbons (Fsp3) is 0.941. The summed E-state index contributed by atoms with van der Waals surface area (Å²) in [4.78, 5) is 6.99. The molecule has 2 aliphatic rings. The molecule has 2 fully saturated rings. The van der Waals surface area contributed by atoms with E-state index >= 15 is 0 Å². The van der Waals surface area contributed by atoms with E-state index in [9.17, 15) is 0 Å². The number of likely N-dealkylation sites (tertiary alicyclic amines) is 1. The van der Waals surface area contributed by atoms with Crippen LogP contribution >= 0.6 is 24.0 Å². The van der Waals surface area contributed by atoms with E-state index in [1.165, 1.54) is 51.5 Å². The summed E-state index contributed by atoms with van der Waals surface area (Å²) >= 11 is 0. The molecule has 1 unspecified atom stereocenters. The van der Waals surface area contributed by atoms with E-state index < -0.39 is 0 Å². The number of nitrogens with two attached hydrogens (primary N) is 1. The molecule has 3 N–H and O–H groups in total. The molecule has 1 aliphatic heterocycles. The Morgan fingerprint density at radius 2 is 2.00 bits per heavy atom. The topological polar surface area (TPSA) is 62.9 Å². The van der Waals surface area contributed by atoms with Crippen molar-refractivity contribution in [2.24, 2.45) is 10.7 Å². The zero-order chi connectivity index (χ0) is 15.6. The number of ether oxygens (including phenoxy) is 1. The molecule has 136 valence electrons. The molecule has 0 radical (unpaired) electrons. The first-order valence-electron chi connectivity index (χ1n) is 9.19. The summed E-state index contributed by atoms with van der Waals surface area (Å²) in [6, 6.07) is 0.583. The summed E-state index contributed by atoms with van der Waals surface area (Å²) in [5, 5.41) is 3.21. The van der Waals surface area contributed by atoms with Gasteiger partial charge in [0.15, 0.2) is 5.96 Å². The highest BCUT2D eigenvalue weighted by molar-refractivity contribution is 14.0. The Kier molecular flexibility index (Phi) is 11.2. The van der Waals surface area contributed by atoms with E-state index in [2.05, 4.69) is 22.1 Å². The van der Waals surface area contributed by atoms with Crippen LogP contribution in [0.3, 0.4) is 0 Å². The van der Waals surface area contributed by atoms with Crippen LogP contribution in [0.25, 0.3) is 0 Å². The molecule has 0 bridgehead atoms. The first-order chi connectivity index (χ1) is 10.8. The molecule has 1 saturated carbocycles. The minimum Gasteiger partial charge on any atom is -0.378 e. The van der Waals surface area contributed by atoms with Crippen LogP contribution < -0.4 is 11.1 Å². The van der Waals surface area contributed by atoms with Crippen molar-refractivity contribution in [3.8, 4) is 0 Å². The molecular formula is C17H35IN4O. The molecule has 1 saturated heterocycles. The third kappa shape index (κ3) is 8.03. The van der Waals surface area contributed by atoms with E-state index in [1.54, 1.807) is 0 Å². The highest BCUT2D eigenvalue weighted by Gasteiger charge is 2.22. The second kappa shape index (κ2) is 12.3. The number of hydrogen-bond donors (Lipinski definition) is 2. The van der Waals surface area contributed by atoms with Crippen molar-refractivity contribution in [3.63, 3.8) is 0 Å². The first kappa shape index (κ1) is 21.0. The monoisotopic (exact) mass is 438 g/mol. The van der Waals surface area contributed by atoms with Gasteiger partial charge in [-0.1, -0.05) is 26.2 Å². The molecule has 1 heterocycles. The zero-order valence-corrected chi connectivity index (χ0v) is 17.0. The summed E-state index contributed by atoms with van der Waals surface area (Å²) in [6.07, 6.45) is 10.6. The Morgan fingerprint density at radius 3 is 2.74 bits per heavy atom. The number of rotatable bonds is 8. The minimum absolute atomic E-state index is 0. The predicted octanol–water partition coefficient (Wildman–Crippen LogP) is 2.73. The summed E-state index contributed by atoms with van der Waals surface area (Å²) < 4.78 is 5.91. The number of nitrogens with zero attached hydrogens (tertiary/aromatic N) is 2. The van der Waals surface area contributed by atoms with Gasteiger partial charge in [-0.05, 0) is 45.2 Å². The van der Waals surface area contributed by atoms with Crippen molar-refractivity contribution >= 4 is 29.9 Å². The number of halogens is 1. The average molecular weight is 438 g/mol. The molecule has 1 aliphatic carbocycles. The van der Waals surface area contributed by atoms with Crippen LogP contribution in [-0.2, 0) is 4.74 Å². The Hall–Kier alpha value is -0.0800. The summed E-state index contributed by atoms with van der Waals surface area (Å²) in [5.41, 5.74) is 5.94. The standard InChI is InChI=1S/C17H34N4O.HI/c1-2-21-12-6-8-15(21)14-20-17(18)19-11-7-13-22-16-9-4-3-5-10-16;/h15-16H,2-14H2,1H3,(H3,18,19,20);1H. The zero-order valence-electron chi connectivity index (χ0n) is 14.6. The molecule has 6 heteroatoms. The van der Waals surface area contributed by atoms with Crippen molar-refractivity contribution in [2.75, 3.05) is 32.8 Å². The number of nitrogens with one attached hydrogen (secondary N) is 1. The van der Waals surface area contributed by atoms with Crippen LogP contribution in [0.4, 0.5) is 0 Å². The highest BCUT2D eigenvalue weighted by Crippen LogP contribution is 2.20. The van der Waals surface area contributed by atoms with Crippen LogP contribution in [0.1, 0.15) is 58.3 Å². The summed E-state index contributed by atoms with van der Waals surface area (Å²) in [5.74, 6) is 0.584. The lowest BCUT2D eigenvalue weighted by molar-refractivity contribution is 0.0277. The fourth-order valence-electron chi connectivity index (χ4n) is 3.55. The Balaban J connectivity index is 0.00000264. The lowest BCUT2D eigenvalue weighted by atomic mass is 9.98. The molecule has 1 atom stereocenters. The molecule has 0 aromatic rings. The van der Waals surface area contributed by atoms with Crippen LogP contribution in [0, 0.1) is 0 Å². The van der Waals surface area contributed by atoms with Crippen LogP contribution in [-0.4, -0.2) is 55.8 Å². The maximum Gasteiger partial charge on any atom is 0.188 e. The lowest BCUT2D eigenvalue weighted by Gasteiger charge is -2.22. The van der Waals surface area contributed by atoms with Gasteiger partial charge in [0, 0.05) is 19.2 Å². The smallest absolute Gasteiger partial charge is 0.188 e. The number of guanidine groups is 1. The van der Waals surface area contributed by atoms with Crippen molar-refractivity contribution in [2.45, 2.75) is 70.4 Å². The normalized spacial score (nSPS) is 23.7. The predicted molar refractivity (Wildman–Crippen MR) is 108 cm³/mol. The van der Waals surface area contributed by atoms with E-state index in [0.29, 0.717) is 18.1 Å². The molecule has 5 nitrogen and oxygen atoms in total. The van der Waals surface area contributed by atoms with Crippen molar-refractivity contribution in [1.82, 2.24) is 10.2 Å². The number of likely N-dealkylation sites (N-methyl/N-ethyl adjacent to an activating group) is 1. The van der Waals surface area contributed by atoms with Crippen molar-refractivity contribution < 1.29 is 4.74 Å². The molecule has 0 aromatic carbocycles. The van der Waals surface area contributed by atoms with Gasteiger partial charge in [0.25, 0.3) is 0 Å². The molecule has 2 rings (SSSR count). The van der Waals surface area contributed by atoms with Gasteiger partial charge >= 0.3 is 0 Å². The minimum atomic E-state index is 0. The molecule has 0 aromatic heterocycles. The molecule has 23 heavy (non-hydrogen) atoms. The Morgan fingerprint density at radius 1 is 1.22 bits per heavy atom. The van der Waals surface area contributed by atoms with Crippen molar-refractivity contribution in [1.29, 1.82) is 0 Å². The molecule has 0 amide bonds. The van der Waals surface area contributed by atoms with Gasteiger partial charge in [-0.3, -0.25) is 9.89 Å². The third-order valence-corrected chi connectivity index (χ3v) is 4.91. The van der Waals surface area contributed by atoms with Gasteiger partial charge in [0.05, 0.1) is 12.6 Å². The van der Waals surface area contributed by atoms with Gasteiger partial charge < -0.3 is 15.8 Å². The van der Waals surface area contributed by atoms with E-state index in [-0.39, 0.29) is 24.0 Å². The van der Waals surface area contributed by atoms with Gasteiger partial charge in [-0.15, -0.1) is 24.0 Å². The second-order valence-electron chi connectivity index (χ2n) is 6.56. The van der Waals surface area contributed by atoms with Gasteiger partial charge in [-0.25, -0.2) is 0 Å². The van der Waals surface area contributed by atoms with Gasteiger partial charge in [0.1, 0.15) is 0 Å². The second-order valence-corrected chi connectivity index (χ2v) is 6.56. The quantitative estimate of drug-likeness (QED) is 0.265.